The third-order valence-electron chi connectivity index (χ3n) is 2.34. The van der Waals surface area contributed by atoms with Crippen molar-refractivity contribution in [2.75, 3.05) is 6.61 Å². The molecule has 0 amide bonds. The van der Waals surface area contributed by atoms with Crippen molar-refractivity contribution in [1.82, 2.24) is 0 Å². The Labute approximate surface area is 77.9 Å². The lowest BCUT2D eigenvalue weighted by atomic mass is 9.94. The van der Waals surface area contributed by atoms with Gasteiger partial charge >= 0.3 is 0 Å². The Kier molecular flexibility index (Phi) is 2.17. The second-order valence-electron chi connectivity index (χ2n) is 3.35. The Morgan fingerprint density at radius 1 is 1.38 bits per heavy atom. The van der Waals surface area contributed by atoms with Crippen molar-refractivity contribution >= 4 is 5.69 Å². The summed E-state index contributed by atoms with van der Waals surface area (Å²) in [6, 6.07) is 8.08. The summed E-state index contributed by atoms with van der Waals surface area (Å²) in [6.45, 7) is 2.19. The molecular formula is C11H13NO+. The summed E-state index contributed by atoms with van der Waals surface area (Å²) in [5, 5.41) is 12.5. The Hall–Kier alpha value is -1.12. The molecule has 2 heteroatoms. The molecule has 1 unspecified atom stereocenters. The fourth-order valence-corrected chi connectivity index (χ4v) is 1.73. The number of para-hydroxylation sites is 1. The molecule has 1 atom stereocenters. The largest absolute Gasteiger partial charge is 0.395 e. The maximum atomic E-state index is 9.18. The Morgan fingerprint density at radius 3 is 2.92 bits per heavy atom. The van der Waals surface area contributed by atoms with Crippen molar-refractivity contribution in [3.05, 3.63) is 41.6 Å². The number of hydrogen-bond acceptors (Lipinski definition) is 2. The Bertz CT molecular complexity index is 344. The van der Waals surface area contributed by atoms with E-state index >= 15 is 0 Å². The SMILES string of the molecule is CC1=CC(CO)c2ccccc2[NH+]1. The number of anilines is 1. The van der Waals surface area contributed by atoms with E-state index in [4.69, 9.17) is 0 Å². The van der Waals surface area contributed by atoms with E-state index in [1.807, 2.05) is 31.2 Å². The lowest BCUT2D eigenvalue weighted by Crippen LogP contribution is -2.76. The number of aliphatic hydroxyl groups is 1. The lowest BCUT2D eigenvalue weighted by Gasteiger charge is -2.15. The third-order valence-corrected chi connectivity index (χ3v) is 2.34. The number of hydrogen-bond donors (Lipinski definition) is 2. The average Bonchev–Trinajstić information content (AvgIpc) is 2.16. The minimum absolute atomic E-state index is 0.150. The molecule has 0 saturated carbocycles. The lowest BCUT2D eigenvalue weighted by molar-refractivity contribution is -0.520. The van der Waals surface area contributed by atoms with Crippen LogP contribution in [0.15, 0.2) is 36.0 Å². The summed E-state index contributed by atoms with van der Waals surface area (Å²) in [5.41, 5.74) is 3.40. The molecule has 0 spiro atoms. The molecule has 0 aromatic heterocycles. The van der Waals surface area contributed by atoms with E-state index in [2.05, 4.69) is 11.4 Å². The zero-order valence-electron chi connectivity index (χ0n) is 7.62. The first-order chi connectivity index (χ1) is 6.31. The fraction of sp³-hybridized carbons (Fsp3) is 0.273. The van der Waals surface area contributed by atoms with Crippen LogP contribution in [0.25, 0.3) is 0 Å². The molecule has 0 aliphatic carbocycles. The quantitative estimate of drug-likeness (QED) is 0.646. The first kappa shape index (κ1) is 8.48. The summed E-state index contributed by atoms with van der Waals surface area (Å²) in [5.74, 6) is 0.150. The van der Waals surface area contributed by atoms with Gasteiger partial charge in [0.1, 0.15) is 0 Å². The molecule has 0 bridgehead atoms. The van der Waals surface area contributed by atoms with E-state index in [-0.39, 0.29) is 12.5 Å². The van der Waals surface area contributed by atoms with Crippen LogP contribution in [0.2, 0.25) is 0 Å². The molecule has 0 fully saturated rings. The molecular weight excluding hydrogens is 162 g/mol. The zero-order valence-corrected chi connectivity index (χ0v) is 7.62. The molecule has 0 saturated heterocycles. The van der Waals surface area contributed by atoms with Crippen molar-refractivity contribution < 1.29 is 10.4 Å². The molecule has 2 N–H and O–H groups in total. The van der Waals surface area contributed by atoms with Crippen LogP contribution in [0.4, 0.5) is 5.69 Å². The van der Waals surface area contributed by atoms with E-state index < -0.39 is 0 Å². The van der Waals surface area contributed by atoms with Crippen LogP contribution in [0.3, 0.4) is 0 Å². The van der Waals surface area contributed by atoms with Crippen molar-refractivity contribution in [1.29, 1.82) is 0 Å². The van der Waals surface area contributed by atoms with Crippen molar-refractivity contribution in [3.63, 3.8) is 0 Å². The van der Waals surface area contributed by atoms with Gasteiger partial charge in [-0.05, 0) is 6.08 Å². The second-order valence-corrected chi connectivity index (χ2v) is 3.35. The topological polar surface area (TPSA) is 35.8 Å². The van der Waals surface area contributed by atoms with E-state index in [1.165, 1.54) is 5.56 Å². The number of nitrogens with one attached hydrogen (secondary N) is 1. The maximum absolute atomic E-state index is 9.18. The van der Waals surface area contributed by atoms with E-state index in [0.29, 0.717) is 0 Å². The Morgan fingerprint density at radius 2 is 2.15 bits per heavy atom. The van der Waals surface area contributed by atoms with Crippen LogP contribution in [-0.4, -0.2) is 11.7 Å². The van der Waals surface area contributed by atoms with Crippen LogP contribution in [-0.2, 0) is 0 Å². The van der Waals surface area contributed by atoms with Crippen molar-refractivity contribution in [2.45, 2.75) is 12.8 Å². The molecule has 1 aliphatic rings. The van der Waals surface area contributed by atoms with Gasteiger partial charge in [0.05, 0.1) is 6.61 Å². The smallest absolute Gasteiger partial charge is 0.188 e. The van der Waals surface area contributed by atoms with Crippen LogP contribution >= 0.6 is 0 Å². The van der Waals surface area contributed by atoms with E-state index in [9.17, 15) is 5.11 Å². The van der Waals surface area contributed by atoms with E-state index in [0.717, 1.165) is 11.4 Å². The predicted octanol–water partition coefficient (Wildman–Crippen LogP) is 0.661. The van der Waals surface area contributed by atoms with Crippen LogP contribution < -0.4 is 5.32 Å². The van der Waals surface area contributed by atoms with Gasteiger partial charge in [-0.25, -0.2) is 0 Å². The number of allylic oxidation sites excluding steroid dienone is 1. The number of fused-ring (bicyclic) bond motifs is 1. The first-order valence-corrected chi connectivity index (χ1v) is 4.46. The van der Waals surface area contributed by atoms with Gasteiger partial charge in [-0.3, -0.25) is 0 Å². The summed E-state index contributed by atoms with van der Waals surface area (Å²) < 4.78 is 0. The van der Waals surface area contributed by atoms with Crippen molar-refractivity contribution in [3.8, 4) is 0 Å². The highest BCUT2D eigenvalue weighted by Gasteiger charge is 2.23. The summed E-state index contributed by atoms with van der Waals surface area (Å²) in [6.07, 6.45) is 2.06. The predicted molar refractivity (Wildman–Crippen MR) is 50.6 cm³/mol. The second kappa shape index (κ2) is 3.32. The van der Waals surface area contributed by atoms with Gasteiger partial charge in [0.25, 0.3) is 0 Å². The third kappa shape index (κ3) is 1.50. The van der Waals surface area contributed by atoms with Gasteiger partial charge < -0.3 is 5.11 Å². The van der Waals surface area contributed by atoms with Gasteiger partial charge in [-0.15, -0.1) is 5.32 Å². The summed E-state index contributed by atoms with van der Waals surface area (Å²) in [7, 11) is 0. The van der Waals surface area contributed by atoms with Gasteiger partial charge in [-0.1, -0.05) is 18.2 Å². The Balaban J connectivity index is 2.44. The van der Waals surface area contributed by atoms with Crippen LogP contribution in [0.5, 0.6) is 0 Å². The van der Waals surface area contributed by atoms with E-state index in [1.54, 1.807) is 0 Å². The molecule has 2 rings (SSSR count). The molecule has 1 aliphatic heterocycles. The number of aliphatic hydroxyl groups excluding tert-OH is 1. The standard InChI is InChI=1S/C11H13NO/c1-8-6-9(7-13)10-4-2-3-5-11(10)12-8/h2-6,9,12-13H,7H2,1H3/q+1. The minimum atomic E-state index is 0.150. The summed E-state index contributed by atoms with van der Waals surface area (Å²) >= 11 is 0. The normalized spacial score (nSPS) is 20.8. The highest BCUT2D eigenvalue weighted by molar-refractivity contribution is 5.45. The number of benzene rings is 1. The minimum Gasteiger partial charge on any atom is -0.395 e. The first-order valence-electron chi connectivity index (χ1n) is 4.46. The highest BCUT2D eigenvalue weighted by atomic mass is 16.3. The molecule has 1 heterocycles. The maximum Gasteiger partial charge on any atom is 0.188 e. The molecule has 1 aromatic rings. The molecule has 13 heavy (non-hydrogen) atoms. The monoisotopic (exact) mass is 175 g/mol. The molecule has 1 radical (unpaired) electrons. The molecule has 67 valence electrons. The highest BCUT2D eigenvalue weighted by Crippen LogP contribution is 2.25. The van der Waals surface area contributed by atoms with Gasteiger partial charge in [0.2, 0.25) is 0 Å². The fourth-order valence-electron chi connectivity index (χ4n) is 1.73. The number of rotatable bonds is 1. The van der Waals surface area contributed by atoms with Gasteiger partial charge in [0.15, 0.2) is 11.4 Å². The average molecular weight is 175 g/mol. The zero-order chi connectivity index (χ0) is 9.26. The molecule has 1 aromatic carbocycles. The molecule has 2 nitrogen and oxygen atoms in total. The van der Waals surface area contributed by atoms with Crippen LogP contribution in [0.1, 0.15) is 18.4 Å². The van der Waals surface area contributed by atoms with Gasteiger partial charge in [0, 0.05) is 24.5 Å². The summed E-state index contributed by atoms with van der Waals surface area (Å²) in [4.78, 5) is 0. The van der Waals surface area contributed by atoms with Gasteiger partial charge in [-0.2, -0.15) is 0 Å². The van der Waals surface area contributed by atoms with Crippen LogP contribution in [0, 0.1) is 0 Å². The van der Waals surface area contributed by atoms with Crippen molar-refractivity contribution in [2.24, 2.45) is 0 Å².